The maximum absolute atomic E-state index is 8.25. The van der Waals surface area contributed by atoms with Gasteiger partial charge in [0.15, 0.2) is 0 Å². The van der Waals surface area contributed by atoms with Crippen molar-refractivity contribution >= 4 is 0 Å². The Morgan fingerprint density at radius 2 is 1.38 bits per heavy atom. The van der Waals surface area contributed by atoms with Crippen molar-refractivity contribution in [3.05, 3.63) is 0 Å². The van der Waals surface area contributed by atoms with Crippen LogP contribution in [0.1, 0.15) is 26.7 Å². The summed E-state index contributed by atoms with van der Waals surface area (Å²) in [7, 11) is 0. The summed E-state index contributed by atoms with van der Waals surface area (Å²) in [6.07, 6.45) is 1.59. The van der Waals surface area contributed by atoms with Crippen LogP contribution in [0, 0.1) is 5.41 Å². The molecule has 0 fully saturated rings. The monoisotopic (exact) mass is 228 g/mol. The van der Waals surface area contributed by atoms with Crippen molar-refractivity contribution in [2.24, 2.45) is 5.41 Å². The topological polar surface area (TPSA) is 76.0 Å². The first-order valence-electron chi connectivity index (χ1n) is 3.98. The predicted octanol–water partition coefficient (Wildman–Crippen LogP) is 1.65. The third-order valence-electron chi connectivity index (χ3n) is 2.24. The standard InChI is InChI=1S/C7H16O4.O.Ti/c1-3-7(4-2,5-10-8)6-11-9;;/h8-9H,3-6H2,1-2H3;;. The van der Waals surface area contributed by atoms with Crippen LogP contribution in [-0.2, 0) is 33.5 Å². The molecular formula is C7H16O5Ti. The quantitative estimate of drug-likeness (QED) is 0.410. The van der Waals surface area contributed by atoms with Crippen molar-refractivity contribution in [1.82, 2.24) is 0 Å². The van der Waals surface area contributed by atoms with E-state index in [9.17, 15) is 0 Å². The number of hydrogen-bond donors (Lipinski definition) is 2. The van der Waals surface area contributed by atoms with Crippen molar-refractivity contribution in [1.29, 1.82) is 0 Å². The summed E-state index contributed by atoms with van der Waals surface area (Å²) in [6.45, 7) is 4.31. The molecule has 2 N–H and O–H groups in total. The van der Waals surface area contributed by atoms with Gasteiger partial charge in [0, 0.05) is 5.41 Å². The van der Waals surface area contributed by atoms with Gasteiger partial charge < -0.3 is 0 Å². The average molecular weight is 228 g/mol. The fourth-order valence-electron chi connectivity index (χ4n) is 0.974. The molecule has 0 aliphatic carbocycles. The molecule has 0 bridgehead atoms. The molecule has 78 valence electrons. The van der Waals surface area contributed by atoms with E-state index in [0.717, 1.165) is 33.2 Å². The van der Waals surface area contributed by atoms with E-state index in [1.54, 1.807) is 0 Å². The number of hydrogen-bond acceptors (Lipinski definition) is 5. The zero-order valence-electron chi connectivity index (χ0n) is 7.95. The molecule has 0 aromatic carbocycles. The van der Waals surface area contributed by atoms with Gasteiger partial charge in [-0.3, -0.25) is 10.5 Å². The Labute approximate surface area is 89.6 Å². The van der Waals surface area contributed by atoms with Crippen molar-refractivity contribution in [2.75, 3.05) is 13.2 Å². The Morgan fingerprint density at radius 3 is 1.54 bits per heavy atom. The third-order valence-corrected chi connectivity index (χ3v) is 2.24. The zero-order chi connectivity index (χ0) is 10.7. The Bertz CT molecular complexity index is 99.1. The SMILES string of the molecule is CCC(CC)(COO)COO.[O]=[Ti]. The van der Waals surface area contributed by atoms with Crippen LogP contribution >= 0.6 is 0 Å². The fraction of sp³-hybridized carbons (Fsp3) is 1.00. The van der Waals surface area contributed by atoms with E-state index in [4.69, 9.17) is 13.8 Å². The van der Waals surface area contributed by atoms with Gasteiger partial charge in [-0.05, 0) is 12.8 Å². The molecule has 0 radical (unpaired) electrons. The Kier molecular flexibility index (Phi) is 12.7. The normalized spacial score (nSPS) is 10.4. The third kappa shape index (κ3) is 6.43. The van der Waals surface area contributed by atoms with E-state index >= 15 is 0 Å². The zero-order valence-corrected chi connectivity index (χ0v) is 9.51. The van der Waals surface area contributed by atoms with Crippen molar-refractivity contribution in [2.45, 2.75) is 26.7 Å². The molecule has 0 rings (SSSR count). The summed E-state index contributed by atoms with van der Waals surface area (Å²) in [5.74, 6) is 0. The predicted molar refractivity (Wildman–Crippen MR) is 40.9 cm³/mol. The Hall–Kier alpha value is 0.354. The molecule has 6 heteroatoms. The minimum atomic E-state index is -0.260. The molecule has 5 nitrogen and oxygen atoms in total. The first-order chi connectivity index (χ1) is 6.24. The van der Waals surface area contributed by atoms with Gasteiger partial charge in [-0.25, -0.2) is 9.78 Å². The van der Waals surface area contributed by atoms with Gasteiger partial charge in [-0.2, -0.15) is 0 Å². The molecular weight excluding hydrogens is 212 g/mol. The molecule has 0 aliphatic rings. The molecule has 0 amide bonds. The molecule has 0 saturated carbocycles. The summed E-state index contributed by atoms with van der Waals surface area (Å²) in [5, 5.41) is 16.5. The molecule has 0 aliphatic heterocycles. The van der Waals surface area contributed by atoms with Crippen LogP contribution in [0.3, 0.4) is 0 Å². The summed E-state index contributed by atoms with van der Waals surface area (Å²) >= 11 is 0.750. The van der Waals surface area contributed by atoms with Gasteiger partial charge in [0.25, 0.3) is 0 Å². The molecule has 0 heterocycles. The van der Waals surface area contributed by atoms with Gasteiger partial charge in [-0.1, -0.05) is 13.8 Å². The van der Waals surface area contributed by atoms with Crippen LogP contribution in [0.2, 0.25) is 0 Å². The summed E-state index contributed by atoms with van der Waals surface area (Å²) in [5.41, 5.74) is -0.260. The van der Waals surface area contributed by atoms with E-state index in [-0.39, 0.29) is 18.6 Å². The van der Waals surface area contributed by atoms with Crippen molar-refractivity contribution < 1.29 is 44.0 Å². The van der Waals surface area contributed by atoms with Crippen molar-refractivity contribution in [3.63, 3.8) is 0 Å². The Balaban J connectivity index is 0. The maximum atomic E-state index is 8.25. The number of rotatable bonds is 6. The summed E-state index contributed by atoms with van der Waals surface area (Å²) < 4.78 is 8.25. The van der Waals surface area contributed by atoms with Crippen LogP contribution < -0.4 is 0 Å². The van der Waals surface area contributed by atoms with Gasteiger partial charge in [-0.15, -0.1) is 0 Å². The summed E-state index contributed by atoms with van der Waals surface area (Å²) in [6, 6.07) is 0. The van der Waals surface area contributed by atoms with Crippen LogP contribution in [0.25, 0.3) is 0 Å². The molecule has 0 saturated heterocycles. The second kappa shape index (κ2) is 10.4. The van der Waals surface area contributed by atoms with Crippen LogP contribution in [-0.4, -0.2) is 23.7 Å². The Morgan fingerprint density at radius 1 is 1.08 bits per heavy atom. The van der Waals surface area contributed by atoms with E-state index in [2.05, 4.69) is 9.78 Å². The first kappa shape index (κ1) is 15.8. The van der Waals surface area contributed by atoms with Gasteiger partial charge in [0.1, 0.15) is 0 Å². The van der Waals surface area contributed by atoms with Gasteiger partial charge >= 0.3 is 23.7 Å². The second-order valence-corrected chi connectivity index (χ2v) is 2.75. The van der Waals surface area contributed by atoms with E-state index in [0.29, 0.717) is 0 Å². The molecule has 0 spiro atoms. The fourth-order valence-corrected chi connectivity index (χ4v) is 0.974. The van der Waals surface area contributed by atoms with Crippen LogP contribution in [0.15, 0.2) is 0 Å². The molecule has 0 aromatic rings. The summed E-state index contributed by atoms with van der Waals surface area (Å²) in [4.78, 5) is 8.10. The molecule has 13 heavy (non-hydrogen) atoms. The van der Waals surface area contributed by atoms with E-state index in [1.165, 1.54) is 0 Å². The average Bonchev–Trinajstić information content (AvgIpc) is 2.20. The van der Waals surface area contributed by atoms with Gasteiger partial charge in [0.05, 0.1) is 13.2 Å². The van der Waals surface area contributed by atoms with Crippen LogP contribution in [0.5, 0.6) is 0 Å². The van der Waals surface area contributed by atoms with E-state index < -0.39 is 0 Å². The first-order valence-corrected chi connectivity index (χ1v) is 4.61. The van der Waals surface area contributed by atoms with Crippen LogP contribution in [0.4, 0.5) is 0 Å². The van der Waals surface area contributed by atoms with E-state index in [1.807, 2.05) is 13.8 Å². The van der Waals surface area contributed by atoms with Gasteiger partial charge in [0.2, 0.25) is 0 Å². The second-order valence-electron chi connectivity index (χ2n) is 2.75. The molecule has 0 atom stereocenters. The molecule has 0 unspecified atom stereocenters. The molecule has 0 aromatic heterocycles. The minimum absolute atomic E-state index is 0.195. The van der Waals surface area contributed by atoms with Crippen molar-refractivity contribution in [3.8, 4) is 0 Å².